The van der Waals surface area contributed by atoms with Gasteiger partial charge in [0.2, 0.25) is 0 Å². The molecule has 0 radical (unpaired) electrons. The molecule has 5 rings (SSSR count). The summed E-state index contributed by atoms with van der Waals surface area (Å²) in [5, 5.41) is 20.5. The Labute approximate surface area is 227 Å². The lowest BCUT2D eigenvalue weighted by atomic mass is 9.43. The van der Waals surface area contributed by atoms with Crippen molar-refractivity contribution in [3.05, 3.63) is 24.3 Å². The van der Waals surface area contributed by atoms with Crippen molar-refractivity contribution in [1.82, 2.24) is 0 Å². The molecule has 0 saturated heterocycles. The van der Waals surface area contributed by atoms with Crippen molar-refractivity contribution in [2.24, 2.45) is 57.2 Å². The van der Waals surface area contributed by atoms with E-state index in [0.29, 0.717) is 23.8 Å². The van der Waals surface area contributed by atoms with Crippen LogP contribution in [0, 0.1) is 57.2 Å². The fourth-order valence-electron chi connectivity index (χ4n) is 10.6. The van der Waals surface area contributed by atoms with Crippen LogP contribution in [0.2, 0.25) is 0 Å². The standard InChI is InChI=1S/C32H46O6/c1-17(15-33)18(2)27(36)28(37)20(4)26-24(38-21(5)34)14-30(7)25-9-8-22-19(3)23(35)10-11-31(22)16-32(25,31)13-12-29(26,30)6/h10-11,17,19-20,22,24-27,33,36H,2,8-9,12-16H2,1,3-7H3/t17-,19?,20-,22-,24-,25-,26-,27?,29+,30-,31?,32?/m0/s1. The van der Waals surface area contributed by atoms with Crippen molar-refractivity contribution < 1.29 is 29.3 Å². The van der Waals surface area contributed by atoms with E-state index in [0.717, 1.165) is 32.1 Å². The van der Waals surface area contributed by atoms with Gasteiger partial charge in [-0.05, 0) is 83.7 Å². The van der Waals surface area contributed by atoms with Gasteiger partial charge in [-0.3, -0.25) is 14.4 Å². The predicted octanol–water partition coefficient (Wildman–Crippen LogP) is 4.67. The SMILES string of the molecule is C=C(C(O)C(=O)[C@@H](C)[C@H]1[C@@H](OC(C)=O)C[C@@]2(C)[C@@H]3CC[C@H]4C(C)C(=O)C=CC45CC35CC[C@]12C)[C@@H](C)CO. The van der Waals surface area contributed by atoms with Crippen LogP contribution in [0.15, 0.2) is 24.3 Å². The van der Waals surface area contributed by atoms with E-state index in [-0.39, 0.29) is 63.6 Å². The zero-order valence-electron chi connectivity index (χ0n) is 24.0. The molecule has 12 atom stereocenters. The molecule has 2 N–H and O–H groups in total. The number of ether oxygens (including phenoxy) is 1. The molecule has 2 spiro atoms. The average Bonchev–Trinajstić information content (AvgIpc) is 3.48. The smallest absolute Gasteiger partial charge is 0.302 e. The minimum atomic E-state index is -1.36. The van der Waals surface area contributed by atoms with Gasteiger partial charge >= 0.3 is 5.97 Å². The number of aliphatic hydroxyl groups is 2. The number of Topliss-reactive ketones (excluding diaryl/α,β-unsaturated/α-hetero) is 1. The fraction of sp³-hybridized carbons (Fsp3) is 0.781. The van der Waals surface area contributed by atoms with Gasteiger partial charge in [-0.15, -0.1) is 0 Å². The van der Waals surface area contributed by atoms with Crippen LogP contribution in [-0.2, 0) is 19.1 Å². The molecule has 38 heavy (non-hydrogen) atoms. The number of esters is 1. The minimum Gasteiger partial charge on any atom is -0.462 e. The zero-order valence-corrected chi connectivity index (χ0v) is 24.0. The maximum absolute atomic E-state index is 13.7. The van der Waals surface area contributed by atoms with Crippen molar-refractivity contribution in [2.45, 2.75) is 92.3 Å². The third kappa shape index (κ3) is 3.41. The van der Waals surface area contributed by atoms with Gasteiger partial charge in [-0.25, -0.2) is 0 Å². The third-order valence-electron chi connectivity index (χ3n) is 12.9. The Kier molecular flexibility index (Phi) is 6.47. The van der Waals surface area contributed by atoms with Crippen LogP contribution < -0.4 is 0 Å². The molecule has 0 heterocycles. The molecular formula is C32H46O6. The van der Waals surface area contributed by atoms with E-state index >= 15 is 0 Å². The van der Waals surface area contributed by atoms with E-state index in [1.165, 1.54) is 6.92 Å². The monoisotopic (exact) mass is 526 g/mol. The maximum atomic E-state index is 13.7. The van der Waals surface area contributed by atoms with E-state index in [1.54, 1.807) is 6.92 Å². The highest BCUT2D eigenvalue weighted by atomic mass is 16.5. The molecule has 4 saturated carbocycles. The fourth-order valence-corrected chi connectivity index (χ4v) is 10.6. The summed E-state index contributed by atoms with van der Waals surface area (Å²) in [5.74, 6) is -0.630. The van der Waals surface area contributed by atoms with E-state index in [9.17, 15) is 24.6 Å². The Balaban J connectivity index is 1.50. The molecule has 0 amide bonds. The van der Waals surface area contributed by atoms with Gasteiger partial charge in [-0.1, -0.05) is 47.3 Å². The molecule has 210 valence electrons. The van der Waals surface area contributed by atoms with E-state index in [1.807, 2.05) is 13.0 Å². The summed E-state index contributed by atoms with van der Waals surface area (Å²) in [6, 6.07) is 0. The van der Waals surface area contributed by atoms with Crippen LogP contribution >= 0.6 is 0 Å². The second kappa shape index (κ2) is 8.86. The Morgan fingerprint density at radius 2 is 1.87 bits per heavy atom. The number of hydrogen-bond donors (Lipinski definition) is 2. The molecule has 4 fully saturated rings. The highest BCUT2D eigenvalue weighted by molar-refractivity contribution is 5.93. The summed E-state index contributed by atoms with van der Waals surface area (Å²) in [5.41, 5.74) is 0.199. The topological polar surface area (TPSA) is 101 Å². The number of ketones is 2. The van der Waals surface area contributed by atoms with Gasteiger partial charge in [0.05, 0.1) is 0 Å². The molecule has 0 bridgehead atoms. The minimum absolute atomic E-state index is 0.0695. The molecule has 5 aliphatic carbocycles. The van der Waals surface area contributed by atoms with Crippen molar-refractivity contribution >= 4 is 17.5 Å². The summed E-state index contributed by atoms with van der Waals surface area (Å²) in [7, 11) is 0. The quantitative estimate of drug-likeness (QED) is 0.369. The summed E-state index contributed by atoms with van der Waals surface area (Å²) in [6.07, 6.45) is 8.24. The van der Waals surface area contributed by atoms with Gasteiger partial charge < -0.3 is 14.9 Å². The molecule has 5 aliphatic rings. The molecule has 0 aliphatic heterocycles. The summed E-state index contributed by atoms with van der Waals surface area (Å²) in [4.78, 5) is 38.5. The molecule has 6 heteroatoms. The lowest BCUT2D eigenvalue weighted by Crippen LogP contribution is -2.55. The number of carbonyl (C=O) groups is 3. The van der Waals surface area contributed by atoms with Gasteiger partial charge in [0.1, 0.15) is 12.2 Å². The number of aliphatic hydroxyl groups excluding tert-OH is 2. The summed E-state index contributed by atoms with van der Waals surface area (Å²) < 4.78 is 5.99. The Bertz CT molecular complexity index is 1090. The highest BCUT2D eigenvalue weighted by Gasteiger charge is 2.81. The second-order valence-corrected chi connectivity index (χ2v) is 14.1. The largest absolute Gasteiger partial charge is 0.462 e. The van der Waals surface area contributed by atoms with Crippen LogP contribution in [0.1, 0.15) is 80.1 Å². The Morgan fingerprint density at radius 3 is 2.50 bits per heavy atom. The van der Waals surface area contributed by atoms with Crippen LogP contribution in [0.5, 0.6) is 0 Å². The number of carbonyl (C=O) groups excluding carboxylic acids is 3. The molecule has 0 aromatic heterocycles. The van der Waals surface area contributed by atoms with Crippen molar-refractivity contribution in [2.75, 3.05) is 6.61 Å². The number of fused-ring (bicyclic) bond motifs is 2. The number of rotatable bonds is 7. The summed E-state index contributed by atoms with van der Waals surface area (Å²) in [6.45, 7) is 15.5. The summed E-state index contributed by atoms with van der Waals surface area (Å²) >= 11 is 0. The zero-order chi connectivity index (χ0) is 28.0. The van der Waals surface area contributed by atoms with Crippen LogP contribution in [0.4, 0.5) is 0 Å². The number of hydrogen-bond acceptors (Lipinski definition) is 6. The molecule has 4 unspecified atom stereocenters. The first-order valence-electron chi connectivity index (χ1n) is 14.6. The third-order valence-corrected chi connectivity index (χ3v) is 12.9. The highest BCUT2D eigenvalue weighted by Crippen LogP contribution is 2.87. The maximum Gasteiger partial charge on any atom is 0.302 e. The number of allylic oxidation sites excluding steroid dienone is 2. The Hall–Kier alpha value is -1.79. The average molecular weight is 527 g/mol. The molecular weight excluding hydrogens is 480 g/mol. The van der Waals surface area contributed by atoms with Gasteiger partial charge in [0, 0.05) is 37.2 Å². The van der Waals surface area contributed by atoms with Gasteiger partial charge in [0.25, 0.3) is 0 Å². The van der Waals surface area contributed by atoms with Crippen molar-refractivity contribution in [3.63, 3.8) is 0 Å². The lowest BCUT2D eigenvalue weighted by Gasteiger charge is -2.60. The molecule has 6 nitrogen and oxygen atoms in total. The van der Waals surface area contributed by atoms with Gasteiger partial charge in [-0.2, -0.15) is 0 Å². The second-order valence-electron chi connectivity index (χ2n) is 14.1. The van der Waals surface area contributed by atoms with E-state index in [2.05, 4.69) is 33.4 Å². The first kappa shape index (κ1) is 27.8. The predicted molar refractivity (Wildman–Crippen MR) is 144 cm³/mol. The van der Waals surface area contributed by atoms with Crippen LogP contribution in [0.25, 0.3) is 0 Å². The lowest BCUT2D eigenvalue weighted by molar-refractivity contribution is -0.155. The first-order valence-corrected chi connectivity index (χ1v) is 14.6. The normalized spacial score (nSPS) is 47.1. The van der Waals surface area contributed by atoms with E-state index < -0.39 is 18.1 Å². The Morgan fingerprint density at radius 1 is 1.18 bits per heavy atom. The molecule has 0 aromatic rings. The molecule has 0 aromatic carbocycles. The van der Waals surface area contributed by atoms with Crippen LogP contribution in [0.3, 0.4) is 0 Å². The van der Waals surface area contributed by atoms with Crippen LogP contribution in [-0.4, -0.2) is 46.6 Å². The first-order chi connectivity index (χ1) is 17.7. The van der Waals surface area contributed by atoms with E-state index in [4.69, 9.17) is 4.74 Å². The van der Waals surface area contributed by atoms with Crippen molar-refractivity contribution in [3.8, 4) is 0 Å². The van der Waals surface area contributed by atoms with Crippen molar-refractivity contribution in [1.29, 1.82) is 0 Å². The van der Waals surface area contributed by atoms with Gasteiger partial charge in [0.15, 0.2) is 11.6 Å².